The molecule has 0 spiro atoms. The first-order chi connectivity index (χ1) is 14.3. The van der Waals surface area contributed by atoms with Crippen LogP contribution >= 0.6 is 0 Å². The van der Waals surface area contributed by atoms with Crippen LogP contribution in [-0.4, -0.2) is 33.4 Å². The third kappa shape index (κ3) is 6.04. The van der Waals surface area contributed by atoms with E-state index in [9.17, 15) is 18.0 Å². The van der Waals surface area contributed by atoms with Crippen molar-refractivity contribution in [3.8, 4) is 5.75 Å². The molecule has 160 valence electrons. The second-order valence-electron chi connectivity index (χ2n) is 7.20. The monoisotopic (exact) mass is 431 g/mol. The summed E-state index contributed by atoms with van der Waals surface area (Å²) in [6, 6.07) is 12.6. The number of methoxy groups -OCH3 is 1. The zero-order valence-electron chi connectivity index (χ0n) is 16.8. The molecule has 0 bridgehead atoms. The normalized spacial score (nSPS) is 14.6. The molecule has 1 atom stereocenters. The van der Waals surface area contributed by atoms with Crippen LogP contribution in [0.25, 0.3) is 0 Å². The Morgan fingerprint density at radius 3 is 2.43 bits per heavy atom. The number of carbonyl (C=O) groups excluding carboxylic acids is 2. The molecular formula is C21H25N3O5S. The highest BCUT2D eigenvalue weighted by Crippen LogP contribution is 2.24. The largest absolute Gasteiger partial charge is 0.497 e. The fraction of sp³-hybridized carbons (Fsp3) is 0.333. The van der Waals surface area contributed by atoms with Crippen molar-refractivity contribution < 1.29 is 22.7 Å². The van der Waals surface area contributed by atoms with Gasteiger partial charge in [0.25, 0.3) is 0 Å². The number of benzene rings is 2. The summed E-state index contributed by atoms with van der Waals surface area (Å²) in [6.45, 7) is 1.38. The number of ether oxygens (including phenoxy) is 1. The van der Waals surface area contributed by atoms with Crippen molar-refractivity contribution in [2.24, 2.45) is 0 Å². The van der Waals surface area contributed by atoms with Crippen LogP contribution in [0.4, 0.5) is 5.69 Å². The van der Waals surface area contributed by atoms with E-state index in [4.69, 9.17) is 4.74 Å². The number of rotatable bonds is 9. The van der Waals surface area contributed by atoms with Gasteiger partial charge in [-0.3, -0.25) is 9.59 Å². The molecule has 0 aromatic heterocycles. The molecule has 2 amide bonds. The second kappa shape index (κ2) is 9.27. The number of anilines is 1. The van der Waals surface area contributed by atoms with Crippen LogP contribution in [0.2, 0.25) is 0 Å². The summed E-state index contributed by atoms with van der Waals surface area (Å²) in [5.74, 6) is 0.0553. The van der Waals surface area contributed by atoms with Gasteiger partial charge in [0.1, 0.15) is 5.75 Å². The van der Waals surface area contributed by atoms with Crippen molar-refractivity contribution in [3.05, 3.63) is 54.1 Å². The zero-order chi connectivity index (χ0) is 21.7. The van der Waals surface area contributed by atoms with Gasteiger partial charge in [-0.2, -0.15) is 0 Å². The van der Waals surface area contributed by atoms with Gasteiger partial charge in [0.2, 0.25) is 21.8 Å². The predicted octanol–water partition coefficient (Wildman–Crippen LogP) is 2.34. The lowest BCUT2D eigenvalue weighted by Crippen LogP contribution is -2.30. The molecule has 3 rings (SSSR count). The first kappa shape index (κ1) is 21.8. The van der Waals surface area contributed by atoms with E-state index in [0.29, 0.717) is 11.4 Å². The highest BCUT2D eigenvalue weighted by molar-refractivity contribution is 7.89. The molecule has 1 aliphatic carbocycles. The third-order valence-corrected chi connectivity index (χ3v) is 6.13. The predicted molar refractivity (Wildman–Crippen MR) is 113 cm³/mol. The molecule has 3 N–H and O–H groups in total. The molecule has 0 saturated heterocycles. The van der Waals surface area contributed by atoms with Gasteiger partial charge >= 0.3 is 0 Å². The molecule has 30 heavy (non-hydrogen) atoms. The third-order valence-electron chi connectivity index (χ3n) is 4.61. The van der Waals surface area contributed by atoms with Gasteiger partial charge in [-0.1, -0.05) is 18.2 Å². The van der Waals surface area contributed by atoms with Crippen molar-refractivity contribution in [1.29, 1.82) is 0 Å². The number of carbonyl (C=O) groups is 2. The van der Waals surface area contributed by atoms with E-state index >= 15 is 0 Å². The van der Waals surface area contributed by atoms with E-state index in [2.05, 4.69) is 15.4 Å². The summed E-state index contributed by atoms with van der Waals surface area (Å²) in [4.78, 5) is 24.3. The van der Waals surface area contributed by atoms with E-state index in [1.54, 1.807) is 43.5 Å². The Morgan fingerprint density at radius 1 is 1.13 bits per heavy atom. The molecule has 2 aromatic carbocycles. The van der Waals surface area contributed by atoms with Crippen molar-refractivity contribution in [2.45, 2.75) is 43.2 Å². The van der Waals surface area contributed by atoms with Gasteiger partial charge in [0, 0.05) is 18.7 Å². The Hall–Kier alpha value is -2.91. The van der Waals surface area contributed by atoms with E-state index < -0.39 is 16.1 Å². The van der Waals surface area contributed by atoms with Gasteiger partial charge in [0.05, 0.1) is 24.5 Å². The van der Waals surface area contributed by atoms with Crippen molar-refractivity contribution in [3.63, 3.8) is 0 Å². The molecule has 1 aliphatic rings. The van der Waals surface area contributed by atoms with Crippen LogP contribution in [0.3, 0.4) is 0 Å². The Kier molecular flexibility index (Phi) is 6.73. The van der Waals surface area contributed by atoms with Gasteiger partial charge in [-0.25, -0.2) is 13.1 Å². The Labute approximate surface area is 176 Å². The lowest BCUT2D eigenvalue weighted by atomic mass is 10.0. The van der Waals surface area contributed by atoms with E-state index in [0.717, 1.165) is 18.4 Å². The number of hydrogen-bond acceptors (Lipinski definition) is 5. The summed E-state index contributed by atoms with van der Waals surface area (Å²) in [6.07, 6.45) is 1.67. The van der Waals surface area contributed by atoms with Crippen molar-refractivity contribution in [1.82, 2.24) is 10.0 Å². The number of sulfonamides is 1. The quantitative estimate of drug-likeness (QED) is 0.564. The minimum absolute atomic E-state index is 0.00356. The maximum absolute atomic E-state index is 12.6. The van der Waals surface area contributed by atoms with Gasteiger partial charge in [0.15, 0.2) is 0 Å². The number of nitrogens with one attached hydrogen (secondary N) is 3. The van der Waals surface area contributed by atoms with Gasteiger partial charge < -0.3 is 15.4 Å². The molecule has 1 unspecified atom stereocenters. The van der Waals surface area contributed by atoms with Gasteiger partial charge in [-0.05, 0) is 48.7 Å². The van der Waals surface area contributed by atoms with Crippen LogP contribution in [0.5, 0.6) is 5.75 Å². The number of amides is 2. The van der Waals surface area contributed by atoms with Crippen molar-refractivity contribution in [2.75, 3.05) is 12.4 Å². The maximum atomic E-state index is 12.6. The summed E-state index contributed by atoms with van der Waals surface area (Å²) >= 11 is 0. The lowest BCUT2D eigenvalue weighted by Gasteiger charge is -2.18. The first-order valence-electron chi connectivity index (χ1n) is 9.60. The van der Waals surface area contributed by atoms with Crippen LogP contribution in [0.15, 0.2) is 53.4 Å². The van der Waals surface area contributed by atoms with Gasteiger partial charge in [-0.15, -0.1) is 0 Å². The average Bonchev–Trinajstić information content (AvgIpc) is 3.50. The topological polar surface area (TPSA) is 114 Å². The molecule has 0 radical (unpaired) electrons. The first-order valence-corrected chi connectivity index (χ1v) is 11.1. The van der Waals surface area contributed by atoms with Crippen LogP contribution in [-0.2, 0) is 19.6 Å². The molecule has 8 nitrogen and oxygen atoms in total. The smallest absolute Gasteiger partial charge is 0.240 e. The van der Waals surface area contributed by atoms with Crippen LogP contribution in [0.1, 0.15) is 37.8 Å². The Bertz CT molecular complexity index is 1020. The highest BCUT2D eigenvalue weighted by Gasteiger charge is 2.28. The average molecular weight is 432 g/mol. The maximum Gasteiger partial charge on any atom is 0.240 e. The molecule has 2 aromatic rings. The Balaban J connectivity index is 1.70. The molecule has 0 heterocycles. The lowest BCUT2D eigenvalue weighted by molar-refractivity contribution is -0.120. The molecule has 1 fully saturated rings. The fourth-order valence-corrected chi connectivity index (χ4v) is 4.31. The van der Waals surface area contributed by atoms with E-state index in [-0.39, 0.29) is 29.2 Å². The van der Waals surface area contributed by atoms with E-state index in [1.165, 1.54) is 19.1 Å². The zero-order valence-corrected chi connectivity index (χ0v) is 17.7. The highest BCUT2D eigenvalue weighted by atomic mass is 32.2. The minimum atomic E-state index is -3.61. The standard InChI is InChI=1S/C21H25N3O5S/c1-14(25)22-20(15-6-10-18(29-2)11-7-15)13-21(26)23-17-4-3-5-19(12-17)30(27,28)24-16-8-9-16/h3-7,10-12,16,20,24H,8-9,13H2,1-2H3,(H,22,25)(H,23,26). The summed E-state index contributed by atoms with van der Waals surface area (Å²) in [5, 5.41) is 5.48. The summed E-state index contributed by atoms with van der Waals surface area (Å²) in [5.41, 5.74) is 1.13. The van der Waals surface area contributed by atoms with E-state index in [1.807, 2.05) is 0 Å². The second-order valence-corrected chi connectivity index (χ2v) is 8.92. The minimum Gasteiger partial charge on any atom is -0.497 e. The fourth-order valence-electron chi connectivity index (χ4n) is 2.96. The Morgan fingerprint density at radius 2 is 1.83 bits per heavy atom. The summed E-state index contributed by atoms with van der Waals surface area (Å²) < 4.78 is 32.5. The summed E-state index contributed by atoms with van der Waals surface area (Å²) in [7, 11) is -2.06. The molecule has 0 aliphatic heterocycles. The molecule has 9 heteroatoms. The molecular weight excluding hydrogens is 406 g/mol. The molecule has 1 saturated carbocycles. The van der Waals surface area contributed by atoms with Crippen molar-refractivity contribution >= 4 is 27.5 Å². The van der Waals surface area contributed by atoms with Crippen LogP contribution < -0.4 is 20.1 Å². The SMILES string of the molecule is COc1ccc(C(CC(=O)Nc2cccc(S(=O)(=O)NC3CC3)c2)NC(C)=O)cc1. The van der Waals surface area contributed by atoms with Crippen LogP contribution in [0, 0.1) is 0 Å². The number of hydrogen-bond donors (Lipinski definition) is 3.